The third kappa shape index (κ3) is 4.59. The maximum absolute atomic E-state index is 12.8. The molecule has 1 saturated heterocycles. The number of rotatable bonds is 9. The van der Waals surface area contributed by atoms with Crippen LogP contribution in [0.1, 0.15) is 10.9 Å². The molecule has 4 heterocycles. The fraction of sp³-hybridized carbons (Fsp3) is 0.353. The molecule has 0 bridgehead atoms. The Morgan fingerprint density at radius 3 is 2.82 bits per heavy atom. The summed E-state index contributed by atoms with van der Waals surface area (Å²) in [5, 5.41) is 33.5. The Kier molecular flexibility index (Phi) is 6.68. The molecule has 0 aromatic carbocycles. The number of β-lactam (4-membered cyclic amide) rings is 1. The molecule has 4 rings (SSSR count). The lowest BCUT2D eigenvalue weighted by molar-refractivity contribution is -0.150. The van der Waals surface area contributed by atoms with Gasteiger partial charge in [-0.1, -0.05) is 17.8 Å². The smallest absolute Gasteiger partial charge is 0.352 e. The molecule has 5 N–H and O–H groups in total. The van der Waals surface area contributed by atoms with Crippen molar-refractivity contribution in [1.29, 1.82) is 0 Å². The van der Waals surface area contributed by atoms with Gasteiger partial charge in [-0.15, -0.1) is 28.2 Å². The van der Waals surface area contributed by atoms with Gasteiger partial charge >= 0.3 is 11.9 Å². The zero-order valence-corrected chi connectivity index (χ0v) is 19.1. The fourth-order valence-electron chi connectivity index (χ4n) is 3.31. The number of thioether (sulfide) groups is 2. The minimum absolute atomic E-state index is 0.144. The molecule has 16 heteroatoms. The molecule has 0 aliphatic carbocycles. The molecular weight excluding hydrogens is 494 g/mol. The molecule has 2 amide bonds. The first-order valence-electron chi connectivity index (χ1n) is 9.38. The minimum Gasteiger partial charge on any atom is -0.480 e. The molecule has 174 valence electrons. The Morgan fingerprint density at radius 2 is 2.15 bits per heavy atom. The highest BCUT2D eigenvalue weighted by molar-refractivity contribution is 8.01. The standard InChI is InChI=1S/C17H17N7O6S3/c18-10(8-2-1-3-31-8)13(27)19-11-14(28)24-12(16(29)30)7(5-32-15(11)24)6-33-17-20-21-22-23(17)4-9(25)26/h1-3,10-11,15H,4-6,18H2,(H,19,27)(H,25,26)(H,29,30)/t10?,11?,15-/m1/s1. The Balaban J connectivity index is 1.45. The monoisotopic (exact) mass is 511 g/mol. The Labute approximate surface area is 198 Å². The number of tetrazole rings is 1. The van der Waals surface area contributed by atoms with Crippen molar-refractivity contribution < 1.29 is 29.4 Å². The number of carbonyl (C=O) groups is 4. The summed E-state index contributed by atoms with van der Waals surface area (Å²) in [7, 11) is 0. The first kappa shape index (κ1) is 23.2. The first-order valence-corrected chi connectivity index (χ1v) is 12.3. The maximum atomic E-state index is 12.8. The van der Waals surface area contributed by atoms with E-state index < -0.39 is 47.8 Å². The zero-order chi connectivity index (χ0) is 23.7. The van der Waals surface area contributed by atoms with Crippen LogP contribution in [0.3, 0.4) is 0 Å². The second kappa shape index (κ2) is 9.50. The number of hydrogen-bond donors (Lipinski definition) is 4. The normalized spacial score (nSPS) is 20.8. The maximum Gasteiger partial charge on any atom is 0.352 e. The molecule has 33 heavy (non-hydrogen) atoms. The Hall–Kier alpha value is -2.95. The molecule has 13 nitrogen and oxygen atoms in total. The van der Waals surface area contributed by atoms with Crippen LogP contribution < -0.4 is 11.1 Å². The van der Waals surface area contributed by atoms with Gasteiger partial charge in [0.1, 0.15) is 29.7 Å². The van der Waals surface area contributed by atoms with Crippen molar-refractivity contribution in [2.24, 2.45) is 5.73 Å². The van der Waals surface area contributed by atoms with Gasteiger partial charge in [0, 0.05) is 16.4 Å². The number of thiophene rings is 1. The van der Waals surface area contributed by atoms with Crippen LogP contribution in [-0.4, -0.2) is 82.0 Å². The van der Waals surface area contributed by atoms with Crippen molar-refractivity contribution in [3.63, 3.8) is 0 Å². The van der Waals surface area contributed by atoms with Crippen LogP contribution in [0.2, 0.25) is 0 Å². The summed E-state index contributed by atoms with van der Waals surface area (Å²) in [4.78, 5) is 49.9. The molecule has 0 radical (unpaired) electrons. The van der Waals surface area contributed by atoms with E-state index in [1.807, 2.05) is 0 Å². The van der Waals surface area contributed by atoms with Crippen LogP contribution in [0.4, 0.5) is 0 Å². The van der Waals surface area contributed by atoms with Crippen LogP contribution in [0.25, 0.3) is 0 Å². The van der Waals surface area contributed by atoms with Gasteiger partial charge < -0.3 is 21.3 Å². The summed E-state index contributed by atoms with van der Waals surface area (Å²) in [6, 6.07) is 1.70. The summed E-state index contributed by atoms with van der Waals surface area (Å²) in [6.07, 6.45) is 0. The number of aromatic nitrogens is 4. The number of amides is 2. The average molecular weight is 512 g/mol. The fourth-order valence-corrected chi connectivity index (χ4v) is 6.40. The van der Waals surface area contributed by atoms with Crippen molar-refractivity contribution in [3.8, 4) is 0 Å². The van der Waals surface area contributed by atoms with Gasteiger partial charge in [-0.25, -0.2) is 9.48 Å². The van der Waals surface area contributed by atoms with Crippen LogP contribution >= 0.6 is 34.9 Å². The van der Waals surface area contributed by atoms with E-state index in [9.17, 15) is 24.3 Å². The predicted octanol–water partition coefficient (Wildman–Crippen LogP) is -0.650. The highest BCUT2D eigenvalue weighted by atomic mass is 32.2. The summed E-state index contributed by atoms with van der Waals surface area (Å²) >= 11 is 3.72. The van der Waals surface area contributed by atoms with Crippen LogP contribution in [0.15, 0.2) is 33.9 Å². The van der Waals surface area contributed by atoms with E-state index in [1.165, 1.54) is 23.1 Å². The van der Waals surface area contributed by atoms with Gasteiger partial charge in [0.15, 0.2) is 0 Å². The van der Waals surface area contributed by atoms with Gasteiger partial charge in [0.05, 0.1) is 0 Å². The SMILES string of the molecule is NC(C(=O)NC1C(=O)N2C(C(=O)O)=C(CSc3nnnn3CC(=O)O)CS[C@H]12)c1cccs1. The van der Waals surface area contributed by atoms with E-state index in [1.54, 1.807) is 17.5 Å². The van der Waals surface area contributed by atoms with Crippen molar-refractivity contribution in [1.82, 2.24) is 30.4 Å². The van der Waals surface area contributed by atoms with Crippen LogP contribution in [0.5, 0.6) is 0 Å². The highest BCUT2D eigenvalue weighted by Gasteiger charge is 2.54. The number of carboxylic acids is 2. The third-order valence-corrected chi connectivity index (χ3v) is 8.18. The van der Waals surface area contributed by atoms with E-state index in [0.717, 1.165) is 21.3 Å². The number of carboxylic acid groups (broad SMARTS) is 2. The lowest BCUT2D eigenvalue weighted by Gasteiger charge is -2.49. The van der Waals surface area contributed by atoms with Gasteiger partial charge in [0.25, 0.3) is 5.91 Å². The summed E-state index contributed by atoms with van der Waals surface area (Å²) in [5.41, 5.74) is 6.27. The third-order valence-electron chi connectivity index (χ3n) is 4.84. The molecule has 2 aliphatic heterocycles. The van der Waals surface area contributed by atoms with Gasteiger partial charge in [-0.2, -0.15) is 0 Å². The second-order valence-corrected chi connectivity index (χ2v) is 9.97. The van der Waals surface area contributed by atoms with Gasteiger partial charge in [-0.05, 0) is 27.4 Å². The second-order valence-electron chi connectivity index (χ2n) is 6.95. The van der Waals surface area contributed by atoms with Crippen molar-refractivity contribution in [3.05, 3.63) is 33.7 Å². The van der Waals surface area contributed by atoms with Crippen LogP contribution in [0, 0.1) is 0 Å². The quantitative estimate of drug-likeness (QED) is 0.246. The van der Waals surface area contributed by atoms with E-state index in [0.29, 0.717) is 16.2 Å². The molecule has 2 aliphatic rings. The number of fused-ring (bicyclic) bond motifs is 1. The molecule has 1 fully saturated rings. The Morgan fingerprint density at radius 1 is 1.36 bits per heavy atom. The average Bonchev–Trinajstić information content (AvgIpc) is 3.46. The number of nitrogens with two attached hydrogens (primary N) is 1. The molecule has 3 atom stereocenters. The molecule has 0 saturated carbocycles. The van der Waals surface area contributed by atoms with E-state index >= 15 is 0 Å². The molecule has 0 spiro atoms. The summed E-state index contributed by atoms with van der Waals surface area (Å²) in [6.45, 7) is -0.434. The van der Waals surface area contributed by atoms with Gasteiger partial charge in [0.2, 0.25) is 11.1 Å². The summed E-state index contributed by atoms with van der Waals surface area (Å²) in [5.74, 6) is -2.99. The molecule has 2 unspecified atom stereocenters. The van der Waals surface area contributed by atoms with Gasteiger partial charge in [-0.3, -0.25) is 19.3 Å². The lowest BCUT2D eigenvalue weighted by Crippen LogP contribution is -2.71. The lowest BCUT2D eigenvalue weighted by atomic mass is 10.0. The summed E-state index contributed by atoms with van der Waals surface area (Å²) < 4.78 is 1.09. The van der Waals surface area contributed by atoms with E-state index in [2.05, 4.69) is 20.8 Å². The van der Waals surface area contributed by atoms with E-state index in [-0.39, 0.29) is 16.6 Å². The molecule has 2 aromatic heterocycles. The zero-order valence-electron chi connectivity index (χ0n) is 16.7. The van der Waals surface area contributed by atoms with Crippen molar-refractivity contribution in [2.45, 2.75) is 29.2 Å². The highest BCUT2D eigenvalue weighted by Crippen LogP contribution is 2.41. The number of carbonyl (C=O) groups excluding carboxylic acids is 2. The first-order chi connectivity index (χ1) is 15.8. The number of aliphatic carboxylic acids is 2. The minimum atomic E-state index is -1.27. The predicted molar refractivity (Wildman–Crippen MR) is 117 cm³/mol. The van der Waals surface area contributed by atoms with Crippen molar-refractivity contribution in [2.75, 3.05) is 11.5 Å². The number of nitrogens with one attached hydrogen (secondary N) is 1. The van der Waals surface area contributed by atoms with Crippen LogP contribution in [-0.2, 0) is 25.7 Å². The largest absolute Gasteiger partial charge is 0.480 e. The Bertz CT molecular complexity index is 1130. The topological polar surface area (TPSA) is 194 Å². The van der Waals surface area contributed by atoms with Crippen molar-refractivity contribution >= 4 is 58.6 Å². The number of hydrogen-bond acceptors (Lipinski definition) is 11. The van der Waals surface area contributed by atoms with E-state index in [4.69, 9.17) is 10.8 Å². The molecular formula is C17H17N7O6S3. The number of nitrogens with zero attached hydrogens (tertiary/aromatic N) is 5. The molecule has 2 aromatic rings.